The third-order valence-electron chi connectivity index (χ3n) is 3.27. The van der Waals surface area contributed by atoms with Crippen molar-refractivity contribution >= 4 is 24.0 Å². The van der Waals surface area contributed by atoms with E-state index in [0.717, 1.165) is 30.9 Å². The Morgan fingerprint density at radius 3 is 2.61 bits per heavy atom. The minimum Gasteiger partial charge on any atom is -0.326 e. The topological polar surface area (TPSA) is 32.3 Å². The standard InChI is InChI=1S/C14H20N2O.ClH/c1-12-6-2-3-7-13(12)15-14(17)8-11-16-9-4-5-10-16;/h2-3,6-7H,4-5,8-11H2,1H3,(H,15,17);1H. The zero-order valence-electron chi connectivity index (χ0n) is 10.8. The lowest BCUT2D eigenvalue weighted by Crippen LogP contribution is -2.25. The van der Waals surface area contributed by atoms with E-state index in [2.05, 4.69) is 10.2 Å². The fraction of sp³-hybridized carbons (Fsp3) is 0.500. The molecule has 1 amide bonds. The molecule has 1 heterocycles. The maximum Gasteiger partial charge on any atom is 0.225 e. The van der Waals surface area contributed by atoms with Crippen LogP contribution in [-0.2, 0) is 4.79 Å². The van der Waals surface area contributed by atoms with Gasteiger partial charge in [-0.1, -0.05) is 18.2 Å². The molecule has 100 valence electrons. The van der Waals surface area contributed by atoms with E-state index in [1.165, 1.54) is 12.8 Å². The molecule has 0 unspecified atom stereocenters. The molecule has 0 saturated carbocycles. The number of nitrogens with zero attached hydrogens (tertiary/aromatic N) is 1. The van der Waals surface area contributed by atoms with Crippen molar-refractivity contribution in [2.24, 2.45) is 0 Å². The Morgan fingerprint density at radius 2 is 1.94 bits per heavy atom. The van der Waals surface area contributed by atoms with Gasteiger partial charge in [-0.3, -0.25) is 4.79 Å². The van der Waals surface area contributed by atoms with Crippen LogP contribution in [0.2, 0.25) is 0 Å². The van der Waals surface area contributed by atoms with E-state index < -0.39 is 0 Å². The first-order valence-electron chi connectivity index (χ1n) is 6.33. The molecule has 0 spiro atoms. The van der Waals surface area contributed by atoms with Crippen LogP contribution >= 0.6 is 12.4 Å². The van der Waals surface area contributed by atoms with Crippen molar-refractivity contribution in [1.82, 2.24) is 4.90 Å². The van der Waals surface area contributed by atoms with Gasteiger partial charge in [0, 0.05) is 18.7 Å². The summed E-state index contributed by atoms with van der Waals surface area (Å²) in [6, 6.07) is 7.89. The number of likely N-dealkylation sites (tertiary alicyclic amines) is 1. The van der Waals surface area contributed by atoms with Crippen molar-refractivity contribution in [3.63, 3.8) is 0 Å². The fourth-order valence-corrected chi connectivity index (χ4v) is 2.19. The van der Waals surface area contributed by atoms with Gasteiger partial charge in [-0.15, -0.1) is 12.4 Å². The molecule has 4 heteroatoms. The Labute approximate surface area is 115 Å². The highest BCUT2D eigenvalue weighted by molar-refractivity contribution is 5.91. The number of rotatable bonds is 4. The van der Waals surface area contributed by atoms with Gasteiger partial charge in [-0.05, 0) is 44.5 Å². The second-order valence-corrected chi connectivity index (χ2v) is 4.66. The van der Waals surface area contributed by atoms with Crippen molar-refractivity contribution in [2.75, 3.05) is 25.0 Å². The summed E-state index contributed by atoms with van der Waals surface area (Å²) in [4.78, 5) is 14.1. The summed E-state index contributed by atoms with van der Waals surface area (Å²) in [6.45, 7) is 5.20. The summed E-state index contributed by atoms with van der Waals surface area (Å²) < 4.78 is 0. The zero-order valence-corrected chi connectivity index (χ0v) is 11.6. The van der Waals surface area contributed by atoms with Crippen LogP contribution in [-0.4, -0.2) is 30.4 Å². The van der Waals surface area contributed by atoms with Crippen LogP contribution in [0.5, 0.6) is 0 Å². The first-order chi connectivity index (χ1) is 8.25. The molecule has 3 nitrogen and oxygen atoms in total. The smallest absolute Gasteiger partial charge is 0.225 e. The van der Waals surface area contributed by atoms with Crippen molar-refractivity contribution < 1.29 is 4.79 Å². The number of aryl methyl sites for hydroxylation is 1. The number of para-hydroxylation sites is 1. The Morgan fingerprint density at radius 1 is 1.28 bits per heavy atom. The highest BCUT2D eigenvalue weighted by Gasteiger charge is 2.13. The molecular weight excluding hydrogens is 248 g/mol. The van der Waals surface area contributed by atoms with Crippen LogP contribution in [0.4, 0.5) is 5.69 Å². The van der Waals surface area contributed by atoms with Crippen LogP contribution < -0.4 is 5.32 Å². The van der Waals surface area contributed by atoms with Crippen molar-refractivity contribution in [2.45, 2.75) is 26.2 Å². The molecule has 1 aromatic carbocycles. The summed E-state index contributed by atoms with van der Waals surface area (Å²) in [6.07, 6.45) is 3.15. The van der Waals surface area contributed by atoms with Crippen molar-refractivity contribution in [3.05, 3.63) is 29.8 Å². The molecular formula is C14H21ClN2O. The van der Waals surface area contributed by atoms with Crippen LogP contribution in [0.1, 0.15) is 24.8 Å². The fourth-order valence-electron chi connectivity index (χ4n) is 2.19. The largest absolute Gasteiger partial charge is 0.326 e. The number of amides is 1. The molecule has 2 rings (SSSR count). The van der Waals surface area contributed by atoms with Gasteiger partial charge in [0.25, 0.3) is 0 Å². The maximum absolute atomic E-state index is 11.8. The summed E-state index contributed by atoms with van der Waals surface area (Å²) in [5, 5.41) is 2.97. The molecule has 0 radical (unpaired) electrons. The molecule has 1 fully saturated rings. The lowest BCUT2D eigenvalue weighted by molar-refractivity contribution is -0.116. The van der Waals surface area contributed by atoms with Gasteiger partial charge in [-0.2, -0.15) is 0 Å². The molecule has 1 saturated heterocycles. The molecule has 1 aliphatic heterocycles. The van der Waals surface area contributed by atoms with Gasteiger partial charge >= 0.3 is 0 Å². The number of benzene rings is 1. The Bertz CT molecular complexity index is 389. The second kappa shape index (κ2) is 7.39. The normalized spacial score (nSPS) is 15.2. The van der Waals surface area contributed by atoms with Gasteiger partial charge in [-0.25, -0.2) is 0 Å². The highest BCUT2D eigenvalue weighted by Crippen LogP contribution is 2.13. The number of hydrogen-bond acceptors (Lipinski definition) is 2. The molecule has 1 aromatic rings. The van der Waals surface area contributed by atoms with Gasteiger partial charge in [0.2, 0.25) is 5.91 Å². The SMILES string of the molecule is Cc1ccccc1NC(=O)CCN1CCCC1.Cl. The first-order valence-corrected chi connectivity index (χ1v) is 6.33. The van der Waals surface area contributed by atoms with E-state index in [-0.39, 0.29) is 18.3 Å². The number of hydrogen-bond donors (Lipinski definition) is 1. The number of nitrogens with one attached hydrogen (secondary N) is 1. The average Bonchev–Trinajstić information content (AvgIpc) is 2.82. The van der Waals surface area contributed by atoms with Crippen LogP contribution in [0.25, 0.3) is 0 Å². The zero-order chi connectivity index (χ0) is 12.1. The van der Waals surface area contributed by atoms with E-state index in [4.69, 9.17) is 0 Å². The molecule has 1 N–H and O–H groups in total. The predicted octanol–water partition coefficient (Wildman–Crippen LogP) is 2.84. The minimum absolute atomic E-state index is 0. The number of anilines is 1. The van der Waals surface area contributed by atoms with E-state index in [1.807, 2.05) is 31.2 Å². The lowest BCUT2D eigenvalue weighted by atomic mass is 10.2. The lowest BCUT2D eigenvalue weighted by Gasteiger charge is -2.14. The van der Waals surface area contributed by atoms with Gasteiger partial charge in [0.05, 0.1) is 0 Å². The Hall–Kier alpha value is -1.06. The molecule has 0 atom stereocenters. The van der Waals surface area contributed by atoms with E-state index in [0.29, 0.717) is 6.42 Å². The number of carbonyl (C=O) groups is 1. The molecule has 0 bridgehead atoms. The van der Waals surface area contributed by atoms with Crippen molar-refractivity contribution in [1.29, 1.82) is 0 Å². The van der Waals surface area contributed by atoms with Gasteiger partial charge in [0.15, 0.2) is 0 Å². The highest BCUT2D eigenvalue weighted by atomic mass is 35.5. The molecule has 0 aromatic heterocycles. The number of carbonyl (C=O) groups excluding carboxylic acids is 1. The van der Waals surface area contributed by atoms with Gasteiger partial charge < -0.3 is 10.2 Å². The Balaban J connectivity index is 0.00000162. The van der Waals surface area contributed by atoms with Crippen LogP contribution in [0.15, 0.2) is 24.3 Å². The third-order valence-corrected chi connectivity index (χ3v) is 3.27. The summed E-state index contributed by atoms with van der Waals surface area (Å²) in [5.41, 5.74) is 2.04. The van der Waals surface area contributed by atoms with Gasteiger partial charge in [0.1, 0.15) is 0 Å². The summed E-state index contributed by atoms with van der Waals surface area (Å²) >= 11 is 0. The average molecular weight is 269 g/mol. The van der Waals surface area contributed by atoms with Crippen LogP contribution in [0, 0.1) is 6.92 Å². The molecule has 0 aliphatic carbocycles. The molecule has 1 aliphatic rings. The van der Waals surface area contributed by atoms with E-state index >= 15 is 0 Å². The monoisotopic (exact) mass is 268 g/mol. The minimum atomic E-state index is 0. The number of halogens is 1. The van der Waals surface area contributed by atoms with E-state index in [9.17, 15) is 4.79 Å². The summed E-state index contributed by atoms with van der Waals surface area (Å²) in [7, 11) is 0. The third kappa shape index (κ3) is 4.31. The maximum atomic E-state index is 11.8. The van der Waals surface area contributed by atoms with Crippen LogP contribution in [0.3, 0.4) is 0 Å². The van der Waals surface area contributed by atoms with Crippen molar-refractivity contribution in [3.8, 4) is 0 Å². The second-order valence-electron chi connectivity index (χ2n) is 4.66. The van der Waals surface area contributed by atoms with E-state index in [1.54, 1.807) is 0 Å². The Kier molecular flexibility index (Phi) is 6.16. The molecule has 18 heavy (non-hydrogen) atoms. The summed E-state index contributed by atoms with van der Waals surface area (Å²) in [5.74, 6) is 0.117. The first kappa shape index (κ1) is 15.0. The predicted molar refractivity (Wildman–Crippen MR) is 77.3 cm³/mol. The quantitative estimate of drug-likeness (QED) is 0.911.